The Hall–Kier alpha value is -2.95. The largest absolute Gasteiger partial charge is 0.383 e. The molecule has 0 radical (unpaired) electrons. The zero-order chi connectivity index (χ0) is 26.2. The van der Waals surface area contributed by atoms with Gasteiger partial charge in [0, 0.05) is 70.0 Å². The molecule has 1 aromatic heterocycles. The molecule has 1 atom stereocenters. The fraction of sp³-hybridized carbons (Fsp3) is 0.720. The lowest BCUT2D eigenvalue weighted by Crippen LogP contribution is -2.47. The molecular formula is C25H40N6O5. The van der Waals surface area contributed by atoms with Crippen LogP contribution in [0.2, 0.25) is 0 Å². The van der Waals surface area contributed by atoms with Crippen LogP contribution < -0.4 is 10.6 Å². The molecule has 1 aromatic rings. The van der Waals surface area contributed by atoms with Gasteiger partial charge in [0.25, 0.3) is 5.91 Å². The number of carbonyl (C=O) groups is 4. The van der Waals surface area contributed by atoms with Gasteiger partial charge in [0.15, 0.2) is 5.69 Å². The molecule has 11 nitrogen and oxygen atoms in total. The molecule has 1 aliphatic heterocycles. The molecule has 2 N–H and O–H groups in total. The number of methoxy groups -OCH3 is 1. The minimum atomic E-state index is -0.238. The van der Waals surface area contributed by atoms with E-state index in [0.717, 1.165) is 17.7 Å². The van der Waals surface area contributed by atoms with Gasteiger partial charge in [-0.05, 0) is 32.1 Å². The van der Waals surface area contributed by atoms with Crippen molar-refractivity contribution in [1.29, 1.82) is 0 Å². The maximum atomic E-state index is 13.0. The molecule has 2 aliphatic rings. The summed E-state index contributed by atoms with van der Waals surface area (Å²) in [5.41, 5.74) is 2.25. The number of hydrogen-bond donors (Lipinski definition) is 2. The van der Waals surface area contributed by atoms with Crippen molar-refractivity contribution in [3.05, 3.63) is 17.0 Å². The summed E-state index contributed by atoms with van der Waals surface area (Å²) in [5.74, 6) is -0.752. The highest BCUT2D eigenvalue weighted by Crippen LogP contribution is 2.24. The first kappa shape index (κ1) is 27.6. The Morgan fingerprint density at radius 2 is 1.92 bits per heavy atom. The first-order chi connectivity index (χ1) is 17.2. The monoisotopic (exact) mass is 504 g/mol. The second kappa shape index (κ2) is 12.8. The summed E-state index contributed by atoms with van der Waals surface area (Å²) in [5, 5.41) is 10.4. The van der Waals surface area contributed by atoms with E-state index < -0.39 is 0 Å². The number of carbonyl (C=O) groups excluding carboxylic acids is 4. The Labute approximate surface area is 212 Å². The standard InChI is InChI=1S/C25H40N6O5/c1-17(2)25(35)30-11-5-7-22(33)31(13-14-36-4)16-21(32)27-18-8-9-20-19(15-18)23(28-29(20)3)24(34)26-10-6-12-30/h17-18H,5-16H2,1-4H3,(H,26,34)(H,27,32). The van der Waals surface area contributed by atoms with E-state index >= 15 is 0 Å². The third-order valence-electron chi connectivity index (χ3n) is 6.80. The summed E-state index contributed by atoms with van der Waals surface area (Å²) in [6.07, 6.45) is 3.30. The van der Waals surface area contributed by atoms with Gasteiger partial charge in [-0.15, -0.1) is 0 Å². The molecule has 0 spiro atoms. The van der Waals surface area contributed by atoms with Gasteiger partial charge >= 0.3 is 0 Å². The Balaban J connectivity index is 1.81. The molecule has 0 saturated heterocycles. The van der Waals surface area contributed by atoms with Crippen LogP contribution in [0.4, 0.5) is 0 Å². The summed E-state index contributed by atoms with van der Waals surface area (Å²) in [6.45, 7) is 5.64. The predicted molar refractivity (Wildman–Crippen MR) is 133 cm³/mol. The van der Waals surface area contributed by atoms with Gasteiger partial charge in [-0.25, -0.2) is 0 Å². The summed E-state index contributed by atoms with van der Waals surface area (Å²) in [7, 11) is 3.39. The van der Waals surface area contributed by atoms with Crippen molar-refractivity contribution >= 4 is 23.6 Å². The van der Waals surface area contributed by atoms with Gasteiger partial charge in [-0.1, -0.05) is 13.8 Å². The molecule has 2 bridgehead atoms. The van der Waals surface area contributed by atoms with Crippen LogP contribution in [0.5, 0.6) is 0 Å². The van der Waals surface area contributed by atoms with Crippen LogP contribution in [0.3, 0.4) is 0 Å². The molecule has 0 saturated carbocycles. The number of ether oxygens (including phenoxy) is 1. The maximum Gasteiger partial charge on any atom is 0.272 e. The van der Waals surface area contributed by atoms with E-state index in [0.29, 0.717) is 64.2 Å². The molecule has 200 valence electrons. The minimum Gasteiger partial charge on any atom is -0.383 e. The fourth-order valence-corrected chi connectivity index (χ4v) is 4.87. The Morgan fingerprint density at radius 3 is 2.64 bits per heavy atom. The van der Waals surface area contributed by atoms with Crippen molar-refractivity contribution in [2.45, 2.75) is 58.4 Å². The van der Waals surface area contributed by atoms with Crippen LogP contribution in [-0.2, 0) is 39.0 Å². The van der Waals surface area contributed by atoms with E-state index in [2.05, 4.69) is 15.7 Å². The number of amides is 4. The van der Waals surface area contributed by atoms with Gasteiger partial charge in [0.05, 0.1) is 13.2 Å². The van der Waals surface area contributed by atoms with Crippen LogP contribution in [0, 0.1) is 5.92 Å². The Kier molecular flexibility index (Phi) is 9.86. The third kappa shape index (κ3) is 7.05. The highest BCUT2D eigenvalue weighted by Gasteiger charge is 2.30. The summed E-state index contributed by atoms with van der Waals surface area (Å²) >= 11 is 0. The molecule has 4 amide bonds. The molecular weight excluding hydrogens is 464 g/mol. The molecule has 11 heteroatoms. The summed E-state index contributed by atoms with van der Waals surface area (Å²) in [6, 6.07) is -0.130. The van der Waals surface area contributed by atoms with E-state index in [1.807, 2.05) is 20.9 Å². The van der Waals surface area contributed by atoms with E-state index in [1.54, 1.807) is 16.7 Å². The van der Waals surface area contributed by atoms with Gasteiger partial charge in [-0.3, -0.25) is 23.9 Å². The molecule has 36 heavy (non-hydrogen) atoms. The highest BCUT2D eigenvalue weighted by atomic mass is 16.5. The van der Waals surface area contributed by atoms with Crippen molar-refractivity contribution in [3.63, 3.8) is 0 Å². The summed E-state index contributed by atoms with van der Waals surface area (Å²) < 4.78 is 6.89. The first-order valence-electron chi connectivity index (χ1n) is 12.9. The smallest absolute Gasteiger partial charge is 0.272 e. The van der Waals surface area contributed by atoms with Crippen molar-refractivity contribution in [2.24, 2.45) is 13.0 Å². The van der Waals surface area contributed by atoms with Crippen LogP contribution in [0.25, 0.3) is 0 Å². The molecule has 0 aromatic carbocycles. The first-order valence-corrected chi connectivity index (χ1v) is 12.9. The average Bonchev–Trinajstić information content (AvgIpc) is 3.17. The predicted octanol–water partition coefficient (Wildman–Crippen LogP) is 0.267. The third-order valence-corrected chi connectivity index (χ3v) is 6.80. The van der Waals surface area contributed by atoms with E-state index in [1.165, 1.54) is 4.90 Å². The van der Waals surface area contributed by atoms with Gasteiger partial charge < -0.3 is 25.2 Å². The number of fused-ring (bicyclic) bond motifs is 1. The van der Waals surface area contributed by atoms with Crippen LogP contribution in [0.1, 0.15) is 61.3 Å². The summed E-state index contributed by atoms with van der Waals surface area (Å²) in [4.78, 5) is 54.8. The van der Waals surface area contributed by atoms with E-state index in [4.69, 9.17) is 4.74 Å². The lowest BCUT2D eigenvalue weighted by molar-refractivity contribution is -0.138. The number of nitrogens with one attached hydrogen (secondary N) is 2. The van der Waals surface area contributed by atoms with Crippen molar-refractivity contribution in [3.8, 4) is 0 Å². The topological polar surface area (TPSA) is 126 Å². The zero-order valence-electron chi connectivity index (χ0n) is 22.0. The molecule has 1 unspecified atom stereocenters. The van der Waals surface area contributed by atoms with Gasteiger partial charge in [-0.2, -0.15) is 5.10 Å². The highest BCUT2D eigenvalue weighted by molar-refractivity contribution is 5.94. The quantitative estimate of drug-likeness (QED) is 0.606. The normalized spacial score (nSPS) is 20.6. The number of nitrogens with zero attached hydrogens (tertiary/aromatic N) is 4. The number of aryl methyl sites for hydroxylation is 1. The molecule has 1 aliphatic carbocycles. The number of aromatic nitrogens is 2. The Bertz CT molecular complexity index is 959. The average molecular weight is 505 g/mol. The minimum absolute atomic E-state index is 0.0173. The second-order valence-electron chi connectivity index (χ2n) is 9.91. The van der Waals surface area contributed by atoms with Crippen LogP contribution in [-0.4, -0.2) is 95.7 Å². The lowest BCUT2D eigenvalue weighted by Gasteiger charge is -2.28. The zero-order valence-corrected chi connectivity index (χ0v) is 22.0. The van der Waals surface area contributed by atoms with Crippen molar-refractivity contribution in [2.75, 3.05) is 46.4 Å². The van der Waals surface area contributed by atoms with Crippen molar-refractivity contribution in [1.82, 2.24) is 30.2 Å². The van der Waals surface area contributed by atoms with Gasteiger partial charge in [0.1, 0.15) is 0 Å². The van der Waals surface area contributed by atoms with E-state index in [9.17, 15) is 19.2 Å². The van der Waals surface area contributed by atoms with Gasteiger partial charge in [0.2, 0.25) is 17.7 Å². The number of hydrogen-bond acceptors (Lipinski definition) is 6. The second-order valence-corrected chi connectivity index (χ2v) is 9.91. The van der Waals surface area contributed by atoms with E-state index in [-0.39, 0.29) is 48.6 Å². The van der Waals surface area contributed by atoms with Crippen LogP contribution >= 0.6 is 0 Å². The molecule has 0 fully saturated rings. The van der Waals surface area contributed by atoms with Crippen LogP contribution in [0.15, 0.2) is 0 Å². The molecule has 2 heterocycles. The Morgan fingerprint density at radius 1 is 1.17 bits per heavy atom. The lowest BCUT2D eigenvalue weighted by atomic mass is 9.91. The SMILES string of the molecule is COCCN1CC(=O)NC2CCc3c(c(nn3C)C(=O)NCCCN(C(=O)C(C)C)CCCC1=O)C2. The maximum absolute atomic E-state index is 13.0. The number of rotatable bonds is 4. The van der Waals surface area contributed by atoms with Crippen molar-refractivity contribution < 1.29 is 23.9 Å². The molecule has 3 rings (SSSR count). The fourth-order valence-electron chi connectivity index (χ4n) is 4.87.